The molecule has 0 bridgehead atoms. The molecule has 148 valence electrons. The van der Waals surface area contributed by atoms with Crippen molar-refractivity contribution in [3.8, 4) is 45.7 Å². The van der Waals surface area contributed by atoms with Crippen LogP contribution in [0.25, 0.3) is 22.4 Å². The second-order valence-electron chi connectivity index (χ2n) is 6.36. The molecule has 0 aliphatic rings. The fourth-order valence-electron chi connectivity index (χ4n) is 3.27. The Balaban J connectivity index is 2.26. The third-order valence-corrected chi connectivity index (χ3v) is 4.81. The van der Waals surface area contributed by atoms with E-state index in [2.05, 4.69) is 30.1 Å². The van der Waals surface area contributed by atoms with Gasteiger partial charge < -0.3 is 19.9 Å². The summed E-state index contributed by atoms with van der Waals surface area (Å²) in [5.74, 6) is 1.60. The Hall–Kier alpha value is -3.72. The van der Waals surface area contributed by atoms with E-state index in [9.17, 15) is 5.26 Å². The Labute approximate surface area is 170 Å². The first-order valence-corrected chi connectivity index (χ1v) is 9.17. The highest BCUT2D eigenvalue weighted by atomic mass is 16.5. The van der Waals surface area contributed by atoms with Crippen molar-refractivity contribution < 1.29 is 14.2 Å². The number of ether oxygens (including phenoxy) is 3. The van der Waals surface area contributed by atoms with Crippen LogP contribution in [0, 0.1) is 11.3 Å². The van der Waals surface area contributed by atoms with Gasteiger partial charge in [-0.2, -0.15) is 5.26 Å². The number of hydrogen-bond donors (Lipinski definition) is 1. The lowest BCUT2D eigenvalue weighted by Crippen LogP contribution is -2.02. The molecule has 0 unspecified atom stereocenters. The van der Waals surface area contributed by atoms with Gasteiger partial charge in [0.05, 0.1) is 27.0 Å². The Bertz CT molecular complexity index is 1070. The molecule has 0 aliphatic carbocycles. The molecular weight excluding hydrogens is 366 g/mol. The molecule has 0 spiro atoms. The zero-order valence-electron chi connectivity index (χ0n) is 16.9. The van der Waals surface area contributed by atoms with E-state index in [1.54, 1.807) is 20.3 Å². The number of pyridine rings is 1. The minimum atomic E-state index is 0.163. The number of methoxy groups -OCH3 is 3. The summed E-state index contributed by atoms with van der Waals surface area (Å²) >= 11 is 0. The number of nitrogens with two attached hydrogens (primary N) is 1. The standard InChI is InChI=1S/C23H23N3O3/c1-5-14-6-8-15(9-7-14)19-12-17(18(13-24)23(25)26-19)16-10-11-20(27-2)22(29-4)21(16)28-3/h6-12H,5H2,1-4H3,(H2,25,26). The lowest BCUT2D eigenvalue weighted by atomic mass is 9.96. The summed E-state index contributed by atoms with van der Waals surface area (Å²) in [6.07, 6.45) is 0.956. The van der Waals surface area contributed by atoms with E-state index >= 15 is 0 Å². The summed E-state index contributed by atoms with van der Waals surface area (Å²) < 4.78 is 16.4. The summed E-state index contributed by atoms with van der Waals surface area (Å²) in [5.41, 5.74) is 10.5. The molecule has 0 aliphatic heterocycles. The number of aryl methyl sites for hydroxylation is 1. The molecule has 1 heterocycles. The largest absolute Gasteiger partial charge is 0.493 e. The van der Waals surface area contributed by atoms with Gasteiger partial charge in [0.25, 0.3) is 0 Å². The lowest BCUT2D eigenvalue weighted by molar-refractivity contribution is 0.325. The van der Waals surface area contributed by atoms with Gasteiger partial charge in [-0.15, -0.1) is 0 Å². The SMILES string of the molecule is CCc1ccc(-c2cc(-c3ccc(OC)c(OC)c3OC)c(C#N)c(N)n2)cc1. The minimum Gasteiger partial charge on any atom is -0.493 e. The first kappa shape index (κ1) is 20.0. The van der Waals surface area contributed by atoms with E-state index in [1.165, 1.54) is 12.7 Å². The fraction of sp³-hybridized carbons (Fsp3) is 0.217. The molecule has 1 aromatic heterocycles. The van der Waals surface area contributed by atoms with Gasteiger partial charge in [0.2, 0.25) is 5.75 Å². The van der Waals surface area contributed by atoms with E-state index in [0.29, 0.717) is 34.1 Å². The van der Waals surface area contributed by atoms with E-state index in [0.717, 1.165) is 12.0 Å². The maximum absolute atomic E-state index is 9.71. The van der Waals surface area contributed by atoms with Crippen LogP contribution >= 0.6 is 0 Å². The van der Waals surface area contributed by atoms with Gasteiger partial charge >= 0.3 is 0 Å². The van der Waals surface area contributed by atoms with Crippen molar-refractivity contribution in [3.63, 3.8) is 0 Å². The zero-order valence-corrected chi connectivity index (χ0v) is 16.9. The second-order valence-corrected chi connectivity index (χ2v) is 6.36. The van der Waals surface area contributed by atoms with Crippen molar-refractivity contribution in [2.24, 2.45) is 0 Å². The molecule has 0 atom stereocenters. The number of aromatic nitrogens is 1. The number of nitrogens with zero attached hydrogens (tertiary/aromatic N) is 2. The number of anilines is 1. The monoisotopic (exact) mass is 389 g/mol. The van der Waals surface area contributed by atoms with Gasteiger partial charge in [-0.25, -0.2) is 4.98 Å². The maximum Gasteiger partial charge on any atom is 0.203 e. The van der Waals surface area contributed by atoms with Crippen molar-refractivity contribution in [1.29, 1.82) is 5.26 Å². The topological polar surface area (TPSA) is 90.4 Å². The van der Waals surface area contributed by atoms with E-state index in [-0.39, 0.29) is 11.4 Å². The molecule has 3 aromatic rings. The van der Waals surface area contributed by atoms with E-state index in [4.69, 9.17) is 19.9 Å². The Morgan fingerprint density at radius 1 is 0.931 bits per heavy atom. The lowest BCUT2D eigenvalue weighted by Gasteiger charge is -2.17. The molecule has 0 fully saturated rings. The Morgan fingerprint density at radius 3 is 2.17 bits per heavy atom. The van der Waals surface area contributed by atoms with Crippen LogP contribution < -0.4 is 19.9 Å². The van der Waals surface area contributed by atoms with Crippen LogP contribution in [0.5, 0.6) is 17.2 Å². The quantitative estimate of drug-likeness (QED) is 0.669. The molecule has 0 saturated carbocycles. The summed E-state index contributed by atoms with van der Waals surface area (Å²) in [7, 11) is 4.64. The molecule has 0 saturated heterocycles. The van der Waals surface area contributed by atoms with Crippen LogP contribution in [0.4, 0.5) is 5.82 Å². The molecule has 2 N–H and O–H groups in total. The van der Waals surface area contributed by atoms with Gasteiger partial charge in [0.1, 0.15) is 17.5 Å². The Kier molecular flexibility index (Phi) is 5.89. The van der Waals surface area contributed by atoms with Crippen LogP contribution in [0.15, 0.2) is 42.5 Å². The minimum absolute atomic E-state index is 0.163. The summed E-state index contributed by atoms with van der Waals surface area (Å²) in [5, 5.41) is 9.71. The average molecular weight is 389 g/mol. The van der Waals surface area contributed by atoms with Crippen molar-refractivity contribution in [3.05, 3.63) is 53.6 Å². The van der Waals surface area contributed by atoms with Crippen LogP contribution in [0.3, 0.4) is 0 Å². The third-order valence-electron chi connectivity index (χ3n) is 4.81. The van der Waals surface area contributed by atoms with Gasteiger partial charge in [-0.3, -0.25) is 0 Å². The van der Waals surface area contributed by atoms with Crippen LogP contribution in [-0.4, -0.2) is 26.3 Å². The Morgan fingerprint density at radius 2 is 1.62 bits per heavy atom. The first-order chi connectivity index (χ1) is 14.1. The molecule has 3 rings (SSSR count). The summed E-state index contributed by atoms with van der Waals surface area (Å²) in [6.45, 7) is 2.11. The van der Waals surface area contributed by atoms with Crippen LogP contribution in [-0.2, 0) is 6.42 Å². The van der Waals surface area contributed by atoms with Crippen molar-refractivity contribution in [2.45, 2.75) is 13.3 Å². The highest BCUT2D eigenvalue weighted by Crippen LogP contribution is 2.46. The molecule has 0 radical (unpaired) electrons. The molecule has 6 nitrogen and oxygen atoms in total. The van der Waals surface area contributed by atoms with Crippen LogP contribution in [0.2, 0.25) is 0 Å². The molecule has 6 heteroatoms. The molecule has 29 heavy (non-hydrogen) atoms. The normalized spacial score (nSPS) is 10.3. The highest BCUT2D eigenvalue weighted by molar-refractivity contribution is 5.85. The van der Waals surface area contributed by atoms with Gasteiger partial charge in [0.15, 0.2) is 11.5 Å². The predicted octanol–water partition coefficient (Wildman–Crippen LogP) is 4.46. The van der Waals surface area contributed by atoms with E-state index in [1.807, 2.05) is 24.3 Å². The number of rotatable bonds is 6. The number of hydrogen-bond acceptors (Lipinski definition) is 6. The fourth-order valence-corrected chi connectivity index (χ4v) is 3.27. The van der Waals surface area contributed by atoms with Crippen molar-refractivity contribution in [2.75, 3.05) is 27.1 Å². The number of nitrogen functional groups attached to an aromatic ring is 1. The first-order valence-electron chi connectivity index (χ1n) is 9.17. The van der Waals surface area contributed by atoms with Gasteiger partial charge in [-0.1, -0.05) is 31.2 Å². The maximum atomic E-state index is 9.71. The molecule has 0 amide bonds. The van der Waals surface area contributed by atoms with Crippen molar-refractivity contribution in [1.82, 2.24) is 4.98 Å². The van der Waals surface area contributed by atoms with E-state index < -0.39 is 0 Å². The summed E-state index contributed by atoms with van der Waals surface area (Å²) in [4.78, 5) is 4.45. The predicted molar refractivity (Wildman–Crippen MR) is 113 cm³/mol. The second kappa shape index (κ2) is 8.53. The van der Waals surface area contributed by atoms with Gasteiger partial charge in [0, 0.05) is 16.7 Å². The number of benzene rings is 2. The smallest absolute Gasteiger partial charge is 0.203 e. The summed E-state index contributed by atoms with van der Waals surface area (Å²) in [6, 6.07) is 15.7. The van der Waals surface area contributed by atoms with Gasteiger partial charge in [-0.05, 0) is 30.2 Å². The molecular formula is C23H23N3O3. The third kappa shape index (κ3) is 3.67. The average Bonchev–Trinajstić information content (AvgIpc) is 2.77. The number of nitriles is 1. The van der Waals surface area contributed by atoms with Crippen molar-refractivity contribution >= 4 is 5.82 Å². The zero-order chi connectivity index (χ0) is 21.0. The highest BCUT2D eigenvalue weighted by Gasteiger charge is 2.21. The van der Waals surface area contributed by atoms with Crippen LogP contribution in [0.1, 0.15) is 18.1 Å². The molecule has 2 aromatic carbocycles.